The number of halogens is 1. The number of hydrogen-bond acceptors (Lipinski definition) is 3. The van der Waals surface area contributed by atoms with Crippen LogP contribution in [0.25, 0.3) is 0 Å². The van der Waals surface area contributed by atoms with Crippen LogP contribution in [0.15, 0.2) is 36.9 Å². The van der Waals surface area contributed by atoms with Crippen LogP contribution >= 0.6 is 0 Å². The van der Waals surface area contributed by atoms with Gasteiger partial charge in [-0.05, 0) is 12.1 Å². The van der Waals surface area contributed by atoms with E-state index in [1.54, 1.807) is 24.8 Å². The molecule has 1 aromatic carbocycles. The highest BCUT2D eigenvalue weighted by Crippen LogP contribution is 2.15. The van der Waals surface area contributed by atoms with E-state index in [-0.39, 0.29) is 5.56 Å². The SMILES string of the molecule is COc1ccc(C(=O)NCCn2ccnc2)c(F)c1. The third-order valence-corrected chi connectivity index (χ3v) is 2.64. The van der Waals surface area contributed by atoms with Gasteiger partial charge in [-0.1, -0.05) is 0 Å². The van der Waals surface area contributed by atoms with Gasteiger partial charge >= 0.3 is 0 Å². The second-order valence-corrected chi connectivity index (χ2v) is 3.90. The minimum absolute atomic E-state index is 0.00595. The molecule has 1 heterocycles. The molecule has 0 unspecified atom stereocenters. The molecule has 0 atom stereocenters. The molecule has 0 saturated heterocycles. The lowest BCUT2D eigenvalue weighted by molar-refractivity contribution is 0.0948. The van der Waals surface area contributed by atoms with Crippen molar-refractivity contribution in [3.05, 3.63) is 48.3 Å². The number of benzene rings is 1. The zero-order chi connectivity index (χ0) is 13.7. The Kier molecular flexibility index (Phi) is 4.12. The number of rotatable bonds is 5. The Labute approximate surface area is 110 Å². The van der Waals surface area contributed by atoms with E-state index in [9.17, 15) is 9.18 Å². The number of methoxy groups -OCH3 is 1. The van der Waals surface area contributed by atoms with E-state index in [1.165, 1.54) is 19.2 Å². The molecule has 0 aliphatic carbocycles. The molecule has 0 spiro atoms. The van der Waals surface area contributed by atoms with Crippen LogP contribution in [-0.4, -0.2) is 29.1 Å². The van der Waals surface area contributed by atoms with Gasteiger partial charge in [0.05, 0.1) is 19.0 Å². The molecule has 1 aromatic heterocycles. The number of nitrogens with one attached hydrogen (secondary N) is 1. The van der Waals surface area contributed by atoms with Crippen molar-refractivity contribution in [2.24, 2.45) is 0 Å². The molecule has 2 rings (SSSR count). The number of aromatic nitrogens is 2. The summed E-state index contributed by atoms with van der Waals surface area (Å²) in [6.07, 6.45) is 5.10. The first-order valence-corrected chi connectivity index (χ1v) is 5.78. The quantitative estimate of drug-likeness (QED) is 0.888. The average molecular weight is 263 g/mol. The van der Waals surface area contributed by atoms with Crippen LogP contribution < -0.4 is 10.1 Å². The van der Waals surface area contributed by atoms with E-state index in [2.05, 4.69) is 10.3 Å². The summed E-state index contributed by atoms with van der Waals surface area (Å²) in [6.45, 7) is 0.990. The van der Waals surface area contributed by atoms with Crippen molar-refractivity contribution < 1.29 is 13.9 Å². The van der Waals surface area contributed by atoms with Gasteiger partial charge in [-0.15, -0.1) is 0 Å². The molecule has 19 heavy (non-hydrogen) atoms. The van der Waals surface area contributed by atoms with Gasteiger partial charge in [-0.2, -0.15) is 0 Å². The number of amides is 1. The lowest BCUT2D eigenvalue weighted by Gasteiger charge is -2.07. The Morgan fingerprint density at radius 1 is 1.53 bits per heavy atom. The lowest BCUT2D eigenvalue weighted by Crippen LogP contribution is -2.27. The van der Waals surface area contributed by atoms with Gasteiger partial charge in [-0.3, -0.25) is 4.79 Å². The molecule has 0 aliphatic rings. The third-order valence-electron chi connectivity index (χ3n) is 2.64. The van der Waals surface area contributed by atoms with E-state index in [0.717, 1.165) is 0 Å². The summed E-state index contributed by atoms with van der Waals surface area (Å²) in [4.78, 5) is 15.7. The first-order valence-electron chi connectivity index (χ1n) is 5.78. The number of carbonyl (C=O) groups excluding carboxylic acids is 1. The molecular formula is C13H14FN3O2. The molecule has 0 radical (unpaired) electrons. The van der Waals surface area contributed by atoms with E-state index in [4.69, 9.17) is 4.74 Å². The summed E-state index contributed by atoms with van der Waals surface area (Å²) < 4.78 is 20.3. The fourth-order valence-electron chi connectivity index (χ4n) is 1.62. The zero-order valence-electron chi connectivity index (χ0n) is 10.5. The van der Waals surface area contributed by atoms with Crippen molar-refractivity contribution in [1.82, 2.24) is 14.9 Å². The van der Waals surface area contributed by atoms with E-state index in [1.807, 2.05) is 4.57 Å². The van der Waals surface area contributed by atoms with Crippen LogP contribution in [0.3, 0.4) is 0 Å². The number of imidazole rings is 1. The normalized spacial score (nSPS) is 10.2. The van der Waals surface area contributed by atoms with Gasteiger partial charge in [0.15, 0.2) is 0 Å². The summed E-state index contributed by atoms with van der Waals surface area (Å²) in [7, 11) is 1.44. The molecule has 100 valence electrons. The number of ether oxygens (including phenoxy) is 1. The Morgan fingerprint density at radius 3 is 3.00 bits per heavy atom. The molecular weight excluding hydrogens is 249 g/mol. The standard InChI is InChI=1S/C13H14FN3O2/c1-19-10-2-3-11(12(14)8-10)13(18)16-5-7-17-6-4-15-9-17/h2-4,6,8-9H,5,7H2,1H3,(H,16,18). The van der Waals surface area contributed by atoms with Crippen molar-refractivity contribution in [3.63, 3.8) is 0 Å². The predicted octanol–water partition coefficient (Wildman–Crippen LogP) is 1.46. The Morgan fingerprint density at radius 2 is 2.37 bits per heavy atom. The maximum Gasteiger partial charge on any atom is 0.254 e. The minimum Gasteiger partial charge on any atom is -0.497 e. The topological polar surface area (TPSA) is 56.1 Å². The fourth-order valence-corrected chi connectivity index (χ4v) is 1.62. The van der Waals surface area contributed by atoms with Crippen molar-refractivity contribution in [2.45, 2.75) is 6.54 Å². The molecule has 5 nitrogen and oxygen atoms in total. The minimum atomic E-state index is -0.598. The highest BCUT2D eigenvalue weighted by atomic mass is 19.1. The van der Waals surface area contributed by atoms with Gasteiger partial charge in [0, 0.05) is 31.5 Å². The first-order chi connectivity index (χ1) is 9.20. The van der Waals surface area contributed by atoms with E-state index >= 15 is 0 Å². The monoisotopic (exact) mass is 263 g/mol. The molecule has 0 saturated carbocycles. The van der Waals surface area contributed by atoms with Crippen molar-refractivity contribution in [1.29, 1.82) is 0 Å². The predicted molar refractivity (Wildman–Crippen MR) is 67.5 cm³/mol. The Balaban J connectivity index is 1.92. The number of hydrogen-bond donors (Lipinski definition) is 1. The van der Waals surface area contributed by atoms with Crippen LogP contribution in [0, 0.1) is 5.82 Å². The smallest absolute Gasteiger partial charge is 0.254 e. The molecule has 1 N–H and O–H groups in total. The van der Waals surface area contributed by atoms with Crippen LogP contribution in [0.1, 0.15) is 10.4 Å². The van der Waals surface area contributed by atoms with E-state index in [0.29, 0.717) is 18.8 Å². The van der Waals surface area contributed by atoms with Crippen LogP contribution in [-0.2, 0) is 6.54 Å². The average Bonchev–Trinajstić information content (AvgIpc) is 2.91. The van der Waals surface area contributed by atoms with Gasteiger partial charge in [0.1, 0.15) is 11.6 Å². The molecule has 2 aromatic rings. The van der Waals surface area contributed by atoms with Crippen molar-refractivity contribution >= 4 is 5.91 Å². The zero-order valence-corrected chi connectivity index (χ0v) is 10.5. The van der Waals surface area contributed by atoms with E-state index < -0.39 is 11.7 Å². The number of carbonyl (C=O) groups is 1. The Bertz CT molecular complexity index is 555. The van der Waals surface area contributed by atoms with Crippen LogP contribution in [0.5, 0.6) is 5.75 Å². The van der Waals surface area contributed by atoms with Crippen molar-refractivity contribution in [3.8, 4) is 5.75 Å². The molecule has 0 fully saturated rings. The highest BCUT2D eigenvalue weighted by Gasteiger charge is 2.11. The molecule has 0 aliphatic heterocycles. The maximum absolute atomic E-state index is 13.6. The maximum atomic E-state index is 13.6. The Hall–Kier alpha value is -2.37. The van der Waals surface area contributed by atoms with Crippen LogP contribution in [0.2, 0.25) is 0 Å². The van der Waals surface area contributed by atoms with Crippen molar-refractivity contribution in [2.75, 3.05) is 13.7 Å². The second-order valence-electron chi connectivity index (χ2n) is 3.90. The summed E-state index contributed by atoms with van der Waals surface area (Å²) in [5.41, 5.74) is 0.00595. The van der Waals surface area contributed by atoms with Crippen LogP contribution in [0.4, 0.5) is 4.39 Å². The molecule has 1 amide bonds. The van der Waals surface area contributed by atoms with Gasteiger partial charge in [0.25, 0.3) is 5.91 Å². The van der Waals surface area contributed by atoms with Gasteiger partial charge < -0.3 is 14.6 Å². The number of nitrogens with zero attached hydrogens (tertiary/aromatic N) is 2. The summed E-state index contributed by atoms with van der Waals surface area (Å²) in [6, 6.07) is 4.14. The summed E-state index contributed by atoms with van der Waals surface area (Å²) >= 11 is 0. The second kappa shape index (κ2) is 5.99. The van der Waals surface area contributed by atoms with Gasteiger partial charge in [0.2, 0.25) is 0 Å². The summed E-state index contributed by atoms with van der Waals surface area (Å²) in [5, 5.41) is 2.65. The molecule has 0 bridgehead atoms. The summed E-state index contributed by atoms with van der Waals surface area (Å²) in [5.74, 6) is -0.660. The third kappa shape index (κ3) is 3.31. The molecule has 6 heteroatoms. The largest absolute Gasteiger partial charge is 0.497 e. The highest BCUT2D eigenvalue weighted by molar-refractivity contribution is 5.94. The lowest BCUT2D eigenvalue weighted by atomic mass is 10.2. The first kappa shape index (κ1) is 13.1. The van der Waals surface area contributed by atoms with Gasteiger partial charge in [-0.25, -0.2) is 9.37 Å². The fraction of sp³-hybridized carbons (Fsp3) is 0.231.